The molecule has 0 radical (unpaired) electrons. The summed E-state index contributed by atoms with van der Waals surface area (Å²) in [6, 6.07) is 5.67. The molecule has 1 fully saturated rings. The van der Waals surface area contributed by atoms with Crippen LogP contribution in [0.5, 0.6) is 11.5 Å². The fourth-order valence-corrected chi connectivity index (χ4v) is 4.74. The molecule has 0 saturated carbocycles. The van der Waals surface area contributed by atoms with E-state index in [2.05, 4.69) is 5.32 Å². The van der Waals surface area contributed by atoms with Crippen LogP contribution in [-0.4, -0.2) is 67.4 Å². The first-order chi connectivity index (χ1) is 13.8. The van der Waals surface area contributed by atoms with Crippen LogP contribution in [0.4, 0.5) is 4.79 Å². The molecule has 1 aromatic carbocycles. The number of amides is 3. The summed E-state index contributed by atoms with van der Waals surface area (Å²) < 4.78 is 10.9. The van der Waals surface area contributed by atoms with Crippen LogP contribution in [0.3, 0.4) is 0 Å². The highest BCUT2D eigenvalue weighted by atomic mass is 32.2. The fraction of sp³-hybridized carbons (Fsp3) is 0.619. The molecule has 0 spiro atoms. The maximum Gasteiger partial charge on any atom is 0.317 e. The summed E-state index contributed by atoms with van der Waals surface area (Å²) in [5.74, 6) is 1.62. The third kappa shape index (κ3) is 5.72. The first kappa shape index (κ1) is 23.2. The Kier molecular flexibility index (Phi) is 8.49. The Hall–Kier alpha value is -2.09. The van der Waals surface area contributed by atoms with Gasteiger partial charge in [-0.15, -0.1) is 11.8 Å². The Morgan fingerprint density at radius 3 is 2.62 bits per heavy atom. The van der Waals surface area contributed by atoms with Gasteiger partial charge in [-0.05, 0) is 44.9 Å². The summed E-state index contributed by atoms with van der Waals surface area (Å²) in [7, 11) is 5.04. The van der Waals surface area contributed by atoms with Crippen molar-refractivity contribution in [3.05, 3.63) is 23.8 Å². The number of rotatable bonds is 9. The van der Waals surface area contributed by atoms with Gasteiger partial charge < -0.3 is 24.6 Å². The number of carbonyl (C=O) groups excluding carboxylic acids is 2. The normalized spacial score (nSPS) is 18.9. The van der Waals surface area contributed by atoms with Gasteiger partial charge in [-0.25, -0.2) is 4.79 Å². The molecule has 7 nitrogen and oxygen atoms in total. The summed E-state index contributed by atoms with van der Waals surface area (Å²) >= 11 is 1.65. The average molecular weight is 424 g/mol. The van der Waals surface area contributed by atoms with Gasteiger partial charge in [0.1, 0.15) is 16.9 Å². The van der Waals surface area contributed by atoms with E-state index in [0.29, 0.717) is 19.5 Å². The fourth-order valence-electron chi connectivity index (χ4n) is 3.30. The van der Waals surface area contributed by atoms with E-state index in [0.717, 1.165) is 23.5 Å². The van der Waals surface area contributed by atoms with Gasteiger partial charge in [-0.2, -0.15) is 0 Å². The molecule has 2 atom stereocenters. The van der Waals surface area contributed by atoms with Gasteiger partial charge in [0.15, 0.2) is 0 Å². The van der Waals surface area contributed by atoms with Crippen molar-refractivity contribution >= 4 is 23.7 Å². The molecule has 162 valence electrons. The van der Waals surface area contributed by atoms with Crippen LogP contribution in [0.25, 0.3) is 0 Å². The summed E-state index contributed by atoms with van der Waals surface area (Å²) in [4.78, 5) is 28.6. The second kappa shape index (κ2) is 10.6. The minimum Gasteiger partial charge on any atom is -0.497 e. The maximum absolute atomic E-state index is 13.0. The van der Waals surface area contributed by atoms with Crippen LogP contribution >= 0.6 is 11.8 Å². The highest BCUT2D eigenvalue weighted by molar-refractivity contribution is 8.01. The lowest BCUT2D eigenvalue weighted by Crippen LogP contribution is -2.42. The Morgan fingerprint density at radius 2 is 2.03 bits per heavy atom. The molecule has 0 aromatic heterocycles. The van der Waals surface area contributed by atoms with Gasteiger partial charge in [0.2, 0.25) is 5.91 Å². The average Bonchev–Trinajstić information content (AvgIpc) is 3.02. The van der Waals surface area contributed by atoms with Crippen molar-refractivity contribution in [3.8, 4) is 11.5 Å². The van der Waals surface area contributed by atoms with Crippen LogP contribution in [0, 0.1) is 0 Å². The molecule has 1 heterocycles. The van der Waals surface area contributed by atoms with Gasteiger partial charge in [-0.1, -0.05) is 6.92 Å². The van der Waals surface area contributed by atoms with Crippen molar-refractivity contribution in [1.29, 1.82) is 0 Å². The molecular weight excluding hydrogens is 390 g/mol. The van der Waals surface area contributed by atoms with Gasteiger partial charge >= 0.3 is 6.03 Å². The highest BCUT2D eigenvalue weighted by Crippen LogP contribution is 2.47. The topological polar surface area (TPSA) is 71.1 Å². The third-order valence-corrected chi connectivity index (χ3v) is 6.49. The van der Waals surface area contributed by atoms with E-state index in [1.165, 1.54) is 0 Å². The lowest BCUT2D eigenvalue weighted by Gasteiger charge is -2.27. The number of nitrogens with one attached hydrogen (secondary N) is 1. The zero-order valence-electron chi connectivity index (χ0n) is 18.2. The quantitative estimate of drug-likeness (QED) is 0.658. The molecule has 0 aliphatic carbocycles. The molecule has 29 heavy (non-hydrogen) atoms. The van der Waals surface area contributed by atoms with Crippen LogP contribution in [0.15, 0.2) is 18.2 Å². The second-order valence-corrected chi connectivity index (χ2v) is 8.69. The number of ether oxygens (including phenoxy) is 2. The molecule has 2 rings (SSSR count). The highest BCUT2D eigenvalue weighted by Gasteiger charge is 2.41. The lowest BCUT2D eigenvalue weighted by atomic mass is 10.1. The predicted octanol–water partition coefficient (Wildman–Crippen LogP) is 3.50. The largest absolute Gasteiger partial charge is 0.497 e. The Morgan fingerprint density at radius 1 is 1.31 bits per heavy atom. The SMILES string of the molecule is CC[C@@H]1S[C@H](c2cc(OC)ccc2OC)N(CCCN(C)C(=O)NC(C)C)C1=O. The predicted molar refractivity (Wildman–Crippen MR) is 117 cm³/mol. The molecule has 8 heteroatoms. The van der Waals surface area contributed by atoms with Crippen LogP contribution in [0.1, 0.15) is 44.6 Å². The minimum absolute atomic E-state index is 0.0714. The van der Waals surface area contributed by atoms with Crippen molar-refractivity contribution in [2.75, 3.05) is 34.4 Å². The third-order valence-electron chi connectivity index (χ3n) is 4.86. The summed E-state index contributed by atoms with van der Waals surface area (Å²) in [5.41, 5.74) is 0.937. The van der Waals surface area contributed by atoms with Crippen molar-refractivity contribution in [1.82, 2.24) is 15.1 Å². The first-order valence-corrected chi connectivity index (χ1v) is 11.0. The summed E-state index contributed by atoms with van der Waals surface area (Å²) in [5, 5.41) is 2.68. The van der Waals surface area contributed by atoms with Crippen molar-refractivity contribution in [3.63, 3.8) is 0 Å². The molecule has 1 aliphatic heterocycles. The van der Waals surface area contributed by atoms with E-state index in [-0.39, 0.29) is 28.6 Å². The number of hydrogen-bond donors (Lipinski definition) is 1. The molecule has 0 bridgehead atoms. The van der Waals surface area contributed by atoms with Gasteiger partial charge in [-0.3, -0.25) is 4.79 Å². The number of benzene rings is 1. The maximum atomic E-state index is 13.0. The zero-order chi connectivity index (χ0) is 21.6. The molecule has 3 amide bonds. The van der Waals surface area contributed by atoms with Crippen molar-refractivity contribution in [2.24, 2.45) is 0 Å². The van der Waals surface area contributed by atoms with E-state index in [1.54, 1.807) is 37.9 Å². The van der Waals surface area contributed by atoms with E-state index >= 15 is 0 Å². The minimum atomic E-state index is -0.132. The van der Waals surface area contributed by atoms with Crippen molar-refractivity contribution < 1.29 is 19.1 Å². The molecule has 1 N–H and O–H groups in total. The first-order valence-electron chi connectivity index (χ1n) is 10.0. The number of urea groups is 1. The summed E-state index contributed by atoms with van der Waals surface area (Å²) in [6.07, 6.45) is 1.48. The van der Waals surface area contributed by atoms with E-state index in [1.807, 2.05) is 43.9 Å². The van der Waals surface area contributed by atoms with E-state index in [4.69, 9.17) is 9.47 Å². The number of methoxy groups -OCH3 is 2. The lowest BCUT2D eigenvalue weighted by molar-refractivity contribution is -0.130. The molecule has 1 aliphatic rings. The second-order valence-electron chi connectivity index (χ2n) is 7.40. The molecule has 0 unspecified atom stereocenters. The van der Waals surface area contributed by atoms with Crippen LogP contribution < -0.4 is 14.8 Å². The Balaban J connectivity index is 2.14. The van der Waals surface area contributed by atoms with Gasteiger partial charge in [0.05, 0.1) is 19.5 Å². The number of thioether (sulfide) groups is 1. The van der Waals surface area contributed by atoms with E-state index in [9.17, 15) is 9.59 Å². The zero-order valence-corrected chi connectivity index (χ0v) is 19.0. The summed E-state index contributed by atoms with van der Waals surface area (Å²) in [6.45, 7) is 7.05. The van der Waals surface area contributed by atoms with Crippen LogP contribution in [0.2, 0.25) is 0 Å². The number of nitrogens with zero attached hydrogens (tertiary/aromatic N) is 2. The number of hydrogen-bond acceptors (Lipinski definition) is 5. The molecule has 1 saturated heterocycles. The molecular formula is C21H33N3O4S. The number of carbonyl (C=O) groups is 2. The van der Waals surface area contributed by atoms with Gasteiger partial charge in [0, 0.05) is 31.7 Å². The standard InChI is InChI=1S/C21H33N3O4S/c1-7-18-19(25)24(12-8-11-23(4)21(26)22-14(2)3)20(29-18)16-13-15(27-5)9-10-17(16)28-6/h9-10,13-14,18,20H,7-8,11-12H2,1-6H3,(H,22,26)/t18-,20+/m0/s1. The van der Waals surface area contributed by atoms with E-state index < -0.39 is 0 Å². The smallest absolute Gasteiger partial charge is 0.317 e. The Bertz CT molecular complexity index is 713. The monoisotopic (exact) mass is 423 g/mol. The van der Waals surface area contributed by atoms with Crippen molar-refractivity contribution in [2.45, 2.75) is 50.3 Å². The van der Waals surface area contributed by atoms with Gasteiger partial charge in [0.25, 0.3) is 0 Å². The van der Waals surface area contributed by atoms with Crippen LogP contribution in [-0.2, 0) is 4.79 Å². The molecule has 1 aromatic rings. The Labute approximate surface area is 178 Å².